The van der Waals surface area contributed by atoms with Crippen molar-refractivity contribution in [2.24, 2.45) is 5.41 Å². The lowest BCUT2D eigenvalue weighted by atomic mass is 9.75. The van der Waals surface area contributed by atoms with Crippen LogP contribution in [0.5, 0.6) is 0 Å². The molecule has 0 spiro atoms. The van der Waals surface area contributed by atoms with E-state index in [4.69, 9.17) is 0 Å². The maximum absolute atomic E-state index is 2.51. The molecule has 0 saturated carbocycles. The van der Waals surface area contributed by atoms with Gasteiger partial charge in [0.15, 0.2) is 0 Å². The summed E-state index contributed by atoms with van der Waals surface area (Å²) in [4.78, 5) is 4.82. The van der Waals surface area contributed by atoms with Crippen LogP contribution in [0.15, 0.2) is 0 Å². The molecule has 0 N–H and O–H groups in total. The van der Waals surface area contributed by atoms with Gasteiger partial charge in [-0.3, -0.25) is 0 Å². The maximum Gasteiger partial charge on any atom is 0.0121 e. The van der Waals surface area contributed by atoms with Crippen molar-refractivity contribution in [2.45, 2.75) is 53.0 Å². The third-order valence-electron chi connectivity index (χ3n) is 4.27. The van der Waals surface area contributed by atoms with Gasteiger partial charge in [-0.05, 0) is 65.8 Å². The van der Waals surface area contributed by atoms with Crippen LogP contribution in [-0.4, -0.2) is 50.1 Å². The Kier molecular flexibility index (Phi) is 7.25. The van der Waals surface area contributed by atoms with Gasteiger partial charge in [-0.25, -0.2) is 0 Å². The molecule has 0 aliphatic carbocycles. The molecule has 1 saturated heterocycles. The molecular formula is C14H32N2. The van der Waals surface area contributed by atoms with Crippen LogP contribution in [-0.2, 0) is 0 Å². The zero-order chi connectivity index (χ0) is 12.8. The second-order valence-corrected chi connectivity index (χ2v) is 5.18. The van der Waals surface area contributed by atoms with Crippen LogP contribution in [0.1, 0.15) is 47.0 Å². The molecule has 1 fully saturated rings. The van der Waals surface area contributed by atoms with Crippen molar-refractivity contribution in [1.29, 1.82) is 0 Å². The summed E-state index contributed by atoms with van der Waals surface area (Å²) in [5, 5.41) is 0. The Labute approximate surface area is 103 Å². The molecule has 1 heterocycles. The smallest absolute Gasteiger partial charge is 0.0121 e. The predicted molar refractivity (Wildman–Crippen MR) is 74.0 cm³/mol. The van der Waals surface area contributed by atoms with Gasteiger partial charge in [0.05, 0.1) is 0 Å². The van der Waals surface area contributed by atoms with E-state index in [1.165, 1.54) is 32.4 Å². The summed E-state index contributed by atoms with van der Waals surface area (Å²) in [5.41, 5.74) is 0.582. The van der Waals surface area contributed by atoms with E-state index >= 15 is 0 Å². The van der Waals surface area contributed by atoms with Crippen molar-refractivity contribution in [3.63, 3.8) is 0 Å². The van der Waals surface area contributed by atoms with Crippen LogP contribution < -0.4 is 0 Å². The van der Waals surface area contributed by atoms with Crippen molar-refractivity contribution in [3.8, 4) is 0 Å². The summed E-state index contributed by atoms with van der Waals surface area (Å²) < 4.78 is 0. The molecule has 0 amide bonds. The van der Waals surface area contributed by atoms with Gasteiger partial charge in [-0.15, -0.1) is 0 Å². The van der Waals surface area contributed by atoms with E-state index in [1.54, 1.807) is 0 Å². The molecule has 0 aromatic heterocycles. The molecule has 0 aromatic rings. The first-order valence-corrected chi connectivity index (χ1v) is 6.87. The molecule has 2 atom stereocenters. The van der Waals surface area contributed by atoms with Gasteiger partial charge in [0.25, 0.3) is 0 Å². The van der Waals surface area contributed by atoms with E-state index in [1.807, 2.05) is 13.8 Å². The first kappa shape index (κ1) is 15.9. The fourth-order valence-corrected chi connectivity index (χ4v) is 2.70. The fraction of sp³-hybridized carbons (Fsp3) is 1.00. The highest BCUT2D eigenvalue weighted by Crippen LogP contribution is 2.42. The van der Waals surface area contributed by atoms with Crippen molar-refractivity contribution >= 4 is 0 Å². The first-order chi connectivity index (χ1) is 7.52. The summed E-state index contributed by atoms with van der Waals surface area (Å²) >= 11 is 0. The molecule has 1 aliphatic rings. The monoisotopic (exact) mass is 228 g/mol. The summed E-state index contributed by atoms with van der Waals surface area (Å²) in [5.74, 6) is 0. The molecule has 1 rings (SSSR count). The number of hydrogen-bond acceptors (Lipinski definition) is 2. The summed E-state index contributed by atoms with van der Waals surface area (Å²) in [6.07, 6.45) is 4.06. The van der Waals surface area contributed by atoms with Crippen LogP contribution in [0, 0.1) is 5.41 Å². The third-order valence-corrected chi connectivity index (χ3v) is 4.27. The second kappa shape index (κ2) is 7.29. The molecule has 98 valence electrons. The average molecular weight is 228 g/mol. The topological polar surface area (TPSA) is 6.48 Å². The van der Waals surface area contributed by atoms with E-state index in [9.17, 15) is 0 Å². The van der Waals surface area contributed by atoms with Crippen LogP contribution in [0.2, 0.25) is 0 Å². The quantitative estimate of drug-likeness (QED) is 0.729. The highest BCUT2D eigenvalue weighted by atomic mass is 15.2. The van der Waals surface area contributed by atoms with Crippen LogP contribution in [0.4, 0.5) is 0 Å². The number of hydrogen-bond donors (Lipinski definition) is 0. The molecule has 1 aliphatic heterocycles. The largest absolute Gasteiger partial charge is 0.309 e. The predicted octanol–water partition coefficient (Wildman–Crippen LogP) is 3.08. The highest BCUT2D eigenvalue weighted by molar-refractivity contribution is 4.94. The Hall–Kier alpha value is -0.0800. The van der Waals surface area contributed by atoms with Crippen molar-refractivity contribution in [3.05, 3.63) is 0 Å². The second-order valence-electron chi connectivity index (χ2n) is 5.18. The Morgan fingerprint density at radius 3 is 2.19 bits per heavy atom. The zero-order valence-electron chi connectivity index (χ0n) is 12.5. The molecule has 1 unspecified atom stereocenters. The summed E-state index contributed by atoms with van der Waals surface area (Å²) in [7, 11) is 6.61. The Bertz CT molecular complexity index is 180. The number of rotatable bonds is 4. The zero-order valence-corrected chi connectivity index (χ0v) is 12.5. The van der Waals surface area contributed by atoms with Crippen molar-refractivity contribution < 1.29 is 0 Å². The molecular weight excluding hydrogens is 196 g/mol. The minimum absolute atomic E-state index is 0.582. The standard InChI is InChI=1S/C12H26N2.C2H6/c1-6-12(7-9-13(3)4)8-10-14(5)11(12)2;1-2/h11H,6-10H2,1-5H3;1-2H3/t11-,12?;/m0./s1. The normalized spacial score (nSPS) is 30.4. The molecule has 0 radical (unpaired) electrons. The number of likely N-dealkylation sites (tertiary alicyclic amines) is 1. The van der Waals surface area contributed by atoms with Crippen LogP contribution >= 0.6 is 0 Å². The maximum atomic E-state index is 2.51. The van der Waals surface area contributed by atoms with Gasteiger partial charge in [-0.2, -0.15) is 0 Å². The van der Waals surface area contributed by atoms with Crippen LogP contribution in [0.25, 0.3) is 0 Å². The van der Waals surface area contributed by atoms with E-state index in [0.29, 0.717) is 5.41 Å². The lowest BCUT2D eigenvalue weighted by Crippen LogP contribution is -2.37. The van der Waals surface area contributed by atoms with Crippen LogP contribution in [0.3, 0.4) is 0 Å². The van der Waals surface area contributed by atoms with Crippen molar-refractivity contribution in [1.82, 2.24) is 9.80 Å². The highest BCUT2D eigenvalue weighted by Gasteiger charge is 2.41. The Morgan fingerprint density at radius 2 is 1.88 bits per heavy atom. The molecule has 2 nitrogen and oxygen atoms in total. The van der Waals surface area contributed by atoms with Crippen molar-refractivity contribution in [2.75, 3.05) is 34.2 Å². The van der Waals surface area contributed by atoms with E-state index in [0.717, 1.165) is 6.04 Å². The lowest BCUT2D eigenvalue weighted by Gasteiger charge is -2.35. The van der Waals surface area contributed by atoms with Gasteiger partial charge in [-0.1, -0.05) is 20.8 Å². The number of nitrogens with zero attached hydrogens (tertiary/aromatic N) is 2. The van der Waals surface area contributed by atoms with Gasteiger partial charge < -0.3 is 9.80 Å². The Balaban J connectivity index is 0.00000106. The van der Waals surface area contributed by atoms with Gasteiger partial charge >= 0.3 is 0 Å². The van der Waals surface area contributed by atoms with Gasteiger partial charge in [0, 0.05) is 6.04 Å². The minimum Gasteiger partial charge on any atom is -0.309 e. The Morgan fingerprint density at radius 1 is 1.31 bits per heavy atom. The SMILES string of the molecule is CC.CCC1(CCN(C)C)CCN(C)[C@H]1C. The fourth-order valence-electron chi connectivity index (χ4n) is 2.70. The molecule has 2 heteroatoms. The summed E-state index contributed by atoms with van der Waals surface area (Å²) in [6, 6.07) is 0.757. The van der Waals surface area contributed by atoms with E-state index in [-0.39, 0.29) is 0 Å². The molecule has 0 bridgehead atoms. The molecule has 16 heavy (non-hydrogen) atoms. The van der Waals surface area contributed by atoms with Gasteiger partial charge in [0.1, 0.15) is 0 Å². The average Bonchev–Trinajstić information content (AvgIpc) is 2.58. The van der Waals surface area contributed by atoms with E-state index < -0.39 is 0 Å². The van der Waals surface area contributed by atoms with E-state index in [2.05, 4.69) is 44.8 Å². The third kappa shape index (κ3) is 3.74. The lowest BCUT2D eigenvalue weighted by molar-refractivity contribution is 0.155. The minimum atomic E-state index is 0.582. The molecule has 0 aromatic carbocycles. The first-order valence-electron chi connectivity index (χ1n) is 6.87. The summed E-state index contributed by atoms with van der Waals surface area (Å²) in [6.45, 7) is 11.3. The van der Waals surface area contributed by atoms with Gasteiger partial charge in [0.2, 0.25) is 0 Å².